The number of halogens is 1. The predicted molar refractivity (Wildman–Crippen MR) is 97.5 cm³/mol. The first kappa shape index (κ1) is 16.8. The van der Waals surface area contributed by atoms with Crippen LogP contribution < -0.4 is 4.90 Å². The molecule has 2 aliphatic heterocycles. The third-order valence-electron chi connectivity index (χ3n) is 5.45. The molecular weight excluding hydrogens is 331 g/mol. The number of benzene rings is 2. The Hall–Kier alpha value is -2.69. The lowest BCUT2D eigenvalue weighted by atomic mass is 9.86. The number of carbonyl (C=O) groups is 2. The lowest BCUT2D eigenvalue weighted by molar-refractivity contribution is -0.117. The number of nitrogens with zero attached hydrogens (tertiary/aromatic N) is 2. The third kappa shape index (κ3) is 2.98. The second-order valence-corrected chi connectivity index (χ2v) is 7.48. The maximum atomic E-state index is 13.1. The normalized spacial score (nSPS) is 22.5. The fourth-order valence-electron chi connectivity index (χ4n) is 4.08. The Morgan fingerprint density at radius 3 is 2.62 bits per heavy atom. The molecule has 0 aliphatic carbocycles. The molecule has 1 atom stereocenters. The lowest BCUT2D eigenvalue weighted by Gasteiger charge is -2.24. The second kappa shape index (κ2) is 6.24. The molecule has 2 heterocycles. The van der Waals surface area contributed by atoms with Gasteiger partial charge in [-0.15, -0.1) is 0 Å². The summed E-state index contributed by atoms with van der Waals surface area (Å²) < 4.78 is 13.1. The van der Waals surface area contributed by atoms with Gasteiger partial charge < -0.3 is 9.80 Å². The highest BCUT2D eigenvalue weighted by atomic mass is 19.1. The summed E-state index contributed by atoms with van der Waals surface area (Å²) in [6.07, 6.45) is 1.28. The van der Waals surface area contributed by atoms with Gasteiger partial charge in [0, 0.05) is 42.7 Å². The Morgan fingerprint density at radius 2 is 1.88 bits per heavy atom. The van der Waals surface area contributed by atoms with Gasteiger partial charge in [0.15, 0.2) is 0 Å². The summed E-state index contributed by atoms with van der Waals surface area (Å²) in [6.45, 7) is 3.85. The molecule has 0 N–H and O–H groups in total. The van der Waals surface area contributed by atoms with Gasteiger partial charge in [0.25, 0.3) is 5.91 Å². The van der Waals surface area contributed by atoms with Gasteiger partial charge in [-0.05, 0) is 55.3 Å². The van der Waals surface area contributed by atoms with Crippen LogP contribution in [0.15, 0.2) is 48.5 Å². The van der Waals surface area contributed by atoms with Crippen molar-refractivity contribution in [3.8, 4) is 0 Å². The van der Waals surface area contributed by atoms with Crippen molar-refractivity contribution in [2.75, 3.05) is 24.5 Å². The van der Waals surface area contributed by atoms with Crippen LogP contribution >= 0.6 is 0 Å². The molecule has 0 unspecified atom stereocenters. The van der Waals surface area contributed by atoms with Crippen molar-refractivity contribution in [1.29, 1.82) is 0 Å². The van der Waals surface area contributed by atoms with E-state index in [1.54, 1.807) is 4.90 Å². The first-order valence-corrected chi connectivity index (χ1v) is 8.88. The third-order valence-corrected chi connectivity index (χ3v) is 5.45. The number of hydrogen-bond donors (Lipinski definition) is 0. The fraction of sp³-hybridized carbons (Fsp3) is 0.333. The summed E-state index contributed by atoms with van der Waals surface area (Å²) in [5, 5.41) is 0. The van der Waals surface area contributed by atoms with Crippen LogP contribution in [0.25, 0.3) is 0 Å². The van der Waals surface area contributed by atoms with Gasteiger partial charge in [0.1, 0.15) is 5.82 Å². The summed E-state index contributed by atoms with van der Waals surface area (Å²) in [7, 11) is 0. The summed E-state index contributed by atoms with van der Waals surface area (Å²) in [5.74, 6) is -0.329. The molecular formula is C21H21FN2O2. The van der Waals surface area contributed by atoms with E-state index >= 15 is 0 Å². The van der Waals surface area contributed by atoms with Crippen molar-refractivity contribution < 1.29 is 14.0 Å². The molecule has 2 aromatic rings. The summed E-state index contributed by atoms with van der Waals surface area (Å²) in [4.78, 5) is 28.9. The highest BCUT2D eigenvalue weighted by Gasteiger charge is 2.48. The second-order valence-electron chi connectivity index (χ2n) is 7.48. The smallest absolute Gasteiger partial charge is 0.253 e. The van der Waals surface area contributed by atoms with Crippen molar-refractivity contribution in [3.63, 3.8) is 0 Å². The Labute approximate surface area is 152 Å². The van der Waals surface area contributed by atoms with Crippen LogP contribution in [0.2, 0.25) is 0 Å². The molecule has 0 bridgehead atoms. The van der Waals surface area contributed by atoms with E-state index in [1.807, 2.05) is 36.1 Å². The maximum absolute atomic E-state index is 13.1. The molecule has 2 aromatic carbocycles. The van der Waals surface area contributed by atoms with Gasteiger partial charge in [-0.3, -0.25) is 9.59 Å². The van der Waals surface area contributed by atoms with Crippen molar-refractivity contribution in [3.05, 3.63) is 65.5 Å². The van der Waals surface area contributed by atoms with Crippen LogP contribution in [0.1, 0.15) is 28.8 Å². The van der Waals surface area contributed by atoms with Gasteiger partial charge in [0.2, 0.25) is 5.91 Å². The number of hydrogen-bond acceptors (Lipinski definition) is 2. The zero-order chi connectivity index (χ0) is 18.3. The van der Waals surface area contributed by atoms with E-state index in [2.05, 4.69) is 0 Å². The predicted octanol–water partition coefficient (Wildman–Crippen LogP) is 3.40. The van der Waals surface area contributed by atoms with Crippen LogP contribution in [0.3, 0.4) is 0 Å². The van der Waals surface area contributed by atoms with Crippen LogP contribution in [0, 0.1) is 18.2 Å². The van der Waals surface area contributed by atoms with Crippen LogP contribution in [0.5, 0.6) is 0 Å². The summed E-state index contributed by atoms with van der Waals surface area (Å²) >= 11 is 0. The van der Waals surface area contributed by atoms with E-state index in [-0.39, 0.29) is 23.0 Å². The Bertz CT molecular complexity index is 865. The molecule has 4 rings (SSSR count). The van der Waals surface area contributed by atoms with E-state index in [4.69, 9.17) is 0 Å². The summed E-state index contributed by atoms with van der Waals surface area (Å²) in [5.41, 5.74) is 2.35. The van der Waals surface area contributed by atoms with Gasteiger partial charge >= 0.3 is 0 Å². The minimum atomic E-state index is -0.352. The first-order valence-electron chi connectivity index (χ1n) is 8.88. The van der Waals surface area contributed by atoms with Gasteiger partial charge in [-0.1, -0.05) is 12.1 Å². The maximum Gasteiger partial charge on any atom is 0.253 e. The first-order chi connectivity index (χ1) is 12.5. The zero-order valence-electron chi connectivity index (χ0n) is 14.7. The quantitative estimate of drug-likeness (QED) is 0.831. The molecule has 2 amide bonds. The highest BCUT2D eigenvalue weighted by Crippen LogP contribution is 2.42. The van der Waals surface area contributed by atoms with E-state index in [9.17, 15) is 14.0 Å². The molecule has 134 valence electrons. The number of carbonyl (C=O) groups excluding carboxylic acids is 2. The molecule has 0 radical (unpaired) electrons. The average molecular weight is 352 g/mol. The monoisotopic (exact) mass is 352 g/mol. The Morgan fingerprint density at radius 1 is 1.12 bits per heavy atom. The fourth-order valence-corrected chi connectivity index (χ4v) is 4.08. The SMILES string of the molecule is Cc1cccc(N2C[C@@]3(CCN(C(=O)c4ccc(F)cc4)C3)CC2=O)c1. The zero-order valence-corrected chi connectivity index (χ0v) is 14.7. The van der Waals surface area contributed by atoms with E-state index in [0.717, 1.165) is 17.7 Å². The Kier molecular flexibility index (Phi) is 4.02. The van der Waals surface area contributed by atoms with Crippen molar-refractivity contribution in [2.45, 2.75) is 19.8 Å². The molecule has 0 saturated carbocycles. The number of likely N-dealkylation sites (tertiary alicyclic amines) is 1. The molecule has 1 spiro atoms. The van der Waals surface area contributed by atoms with Gasteiger partial charge in [0.05, 0.1) is 0 Å². The number of anilines is 1. The van der Waals surface area contributed by atoms with Crippen molar-refractivity contribution >= 4 is 17.5 Å². The van der Waals surface area contributed by atoms with E-state index in [1.165, 1.54) is 24.3 Å². The van der Waals surface area contributed by atoms with E-state index < -0.39 is 0 Å². The van der Waals surface area contributed by atoms with Crippen molar-refractivity contribution in [2.24, 2.45) is 5.41 Å². The molecule has 4 nitrogen and oxygen atoms in total. The summed E-state index contributed by atoms with van der Waals surface area (Å²) in [6, 6.07) is 13.6. The molecule has 2 saturated heterocycles. The molecule has 26 heavy (non-hydrogen) atoms. The minimum Gasteiger partial charge on any atom is -0.338 e. The topological polar surface area (TPSA) is 40.6 Å². The largest absolute Gasteiger partial charge is 0.338 e. The lowest BCUT2D eigenvalue weighted by Crippen LogP contribution is -2.34. The molecule has 5 heteroatoms. The average Bonchev–Trinajstić information content (AvgIpc) is 3.18. The highest BCUT2D eigenvalue weighted by molar-refractivity contribution is 5.97. The number of aryl methyl sites for hydroxylation is 1. The Balaban J connectivity index is 1.50. The molecule has 2 aliphatic rings. The van der Waals surface area contributed by atoms with Gasteiger partial charge in [-0.25, -0.2) is 4.39 Å². The minimum absolute atomic E-state index is 0.0941. The van der Waals surface area contributed by atoms with Crippen LogP contribution in [0.4, 0.5) is 10.1 Å². The number of amides is 2. The molecule has 0 aromatic heterocycles. The van der Waals surface area contributed by atoms with Gasteiger partial charge in [-0.2, -0.15) is 0 Å². The number of rotatable bonds is 2. The molecule has 2 fully saturated rings. The van der Waals surface area contributed by atoms with E-state index in [0.29, 0.717) is 31.6 Å². The van der Waals surface area contributed by atoms with Crippen molar-refractivity contribution in [1.82, 2.24) is 4.90 Å². The van der Waals surface area contributed by atoms with Crippen LogP contribution in [-0.2, 0) is 4.79 Å². The van der Waals surface area contributed by atoms with Crippen LogP contribution in [-0.4, -0.2) is 36.3 Å². The standard InChI is InChI=1S/C21H21FN2O2/c1-15-3-2-4-18(11-15)24-14-21(12-19(24)25)9-10-23(13-21)20(26)16-5-7-17(22)8-6-16/h2-8,11H,9-10,12-14H2,1H3/t21-/m0/s1.